The number of aromatic hydroxyl groups is 3. The third-order valence-corrected chi connectivity index (χ3v) is 6.08. The third-order valence-electron chi connectivity index (χ3n) is 6.08. The van der Waals surface area contributed by atoms with Gasteiger partial charge in [-0.1, -0.05) is 60.7 Å². The molecule has 4 aromatic rings. The van der Waals surface area contributed by atoms with E-state index in [2.05, 4.69) is 38.1 Å². The summed E-state index contributed by atoms with van der Waals surface area (Å²) in [6.45, 7) is 6.14. The van der Waals surface area contributed by atoms with Gasteiger partial charge in [-0.2, -0.15) is 0 Å². The molecule has 0 fully saturated rings. The highest BCUT2D eigenvalue weighted by molar-refractivity contribution is 6.47. The lowest BCUT2D eigenvalue weighted by Gasteiger charge is -2.21. The van der Waals surface area contributed by atoms with Crippen molar-refractivity contribution < 1.29 is 15.3 Å². The van der Waals surface area contributed by atoms with Gasteiger partial charge in [0.05, 0.1) is 0 Å². The van der Waals surface area contributed by atoms with Gasteiger partial charge in [0, 0.05) is 0 Å². The first-order valence-electron chi connectivity index (χ1n) is 10.3. The minimum absolute atomic E-state index is 0.0820. The Morgan fingerprint density at radius 3 is 1.66 bits per heavy atom. The van der Waals surface area contributed by atoms with Crippen molar-refractivity contribution in [2.45, 2.75) is 20.8 Å². The molecule has 32 heavy (non-hydrogen) atoms. The average molecular weight is 416 g/mol. The van der Waals surface area contributed by atoms with Gasteiger partial charge in [0.1, 0.15) is 15.7 Å². The molecule has 3 nitrogen and oxygen atoms in total. The number of hydrogen-bond donors (Lipinski definition) is 3. The van der Waals surface area contributed by atoms with Crippen LogP contribution in [0.15, 0.2) is 60.7 Å². The highest BCUT2D eigenvalue weighted by atomic mass is 16.3. The molecule has 0 heterocycles. The van der Waals surface area contributed by atoms with Crippen molar-refractivity contribution in [3.8, 4) is 50.6 Å². The summed E-state index contributed by atoms with van der Waals surface area (Å²) in [6.07, 6.45) is 0. The van der Waals surface area contributed by atoms with E-state index in [-0.39, 0.29) is 10.9 Å². The van der Waals surface area contributed by atoms with Crippen LogP contribution in [0.5, 0.6) is 17.2 Å². The minimum atomic E-state index is -0.724. The molecule has 0 atom stereocenters. The second-order valence-corrected chi connectivity index (χ2v) is 8.04. The zero-order valence-corrected chi connectivity index (χ0v) is 18.3. The molecule has 4 radical (unpaired) electrons. The van der Waals surface area contributed by atoms with E-state index in [1.165, 1.54) is 5.56 Å². The number of phenols is 3. The van der Waals surface area contributed by atoms with E-state index in [1.54, 1.807) is 0 Å². The van der Waals surface area contributed by atoms with Gasteiger partial charge in [0.15, 0.2) is 17.2 Å². The molecule has 3 N–H and O–H groups in total. The fraction of sp³-hybridized carbons (Fsp3) is 0.111. The lowest BCUT2D eigenvalue weighted by atomic mass is 9.75. The number of rotatable bonds is 3. The molecule has 0 spiro atoms. The van der Waals surface area contributed by atoms with Gasteiger partial charge in [-0.25, -0.2) is 0 Å². The van der Waals surface area contributed by atoms with Crippen LogP contribution in [0.1, 0.15) is 16.7 Å². The summed E-state index contributed by atoms with van der Waals surface area (Å²) in [7, 11) is 12.2. The summed E-state index contributed by atoms with van der Waals surface area (Å²) in [6, 6.07) is 20.2. The molecule has 0 aliphatic rings. The van der Waals surface area contributed by atoms with Crippen molar-refractivity contribution in [3.63, 3.8) is 0 Å². The van der Waals surface area contributed by atoms with Crippen LogP contribution in [0.25, 0.3) is 33.4 Å². The van der Waals surface area contributed by atoms with Crippen LogP contribution in [0, 0.1) is 20.8 Å². The molecule has 4 aromatic carbocycles. The first-order chi connectivity index (χ1) is 15.2. The average Bonchev–Trinajstić information content (AvgIpc) is 2.78. The van der Waals surface area contributed by atoms with E-state index in [0.29, 0.717) is 11.1 Å². The summed E-state index contributed by atoms with van der Waals surface area (Å²) >= 11 is 0. The van der Waals surface area contributed by atoms with Gasteiger partial charge >= 0.3 is 0 Å². The summed E-state index contributed by atoms with van der Waals surface area (Å²) in [4.78, 5) is 0. The molecule has 5 heteroatoms. The molecule has 0 unspecified atom stereocenters. The lowest BCUT2D eigenvalue weighted by Crippen LogP contribution is -2.21. The summed E-state index contributed by atoms with van der Waals surface area (Å²) in [5.41, 5.74) is 8.35. The topological polar surface area (TPSA) is 60.7 Å². The SMILES string of the molecule is [B]c1c(O)c(O)c(O)c([B])c1-c1cccc(-c2cccc(C)c2-c2ccccc2C)c1C. The molecular formula is C27H22B2O3. The predicted octanol–water partition coefficient (Wildman–Crippen LogP) is 4.32. The third kappa shape index (κ3) is 3.34. The van der Waals surface area contributed by atoms with Gasteiger partial charge in [0.2, 0.25) is 0 Å². The molecule has 154 valence electrons. The fourth-order valence-electron chi connectivity index (χ4n) is 4.34. The molecule has 0 bridgehead atoms. The molecule has 4 rings (SSSR count). The molecular weight excluding hydrogens is 394 g/mol. The van der Waals surface area contributed by atoms with Gasteiger partial charge in [-0.15, -0.1) is 0 Å². The Morgan fingerprint density at radius 1 is 0.500 bits per heavy atom. The number of hydrogen-bond acceptors (Lipinski definition) is 3. The van der Waals surface area contributed by atoms with E-state index in [4.69, 9.17) is 15.7 Å². The maximum atomic E-state index is 10.2. The molecule has 0 aliphatic carbocycles. The van der Waals surface area contributed by atoms with Crippen molar-refractivity contribution in [2.24, 2.45) is 0 Å². The fourth-order valence-corrected chi connectivity index (χ4v) is 4.34. The Labute approximate surface area is 190 Å². The highest BCUT2D eigenvalue weighted by Crippen LogP contribution is 2.41. The van der Waals surface area contributed by atoms with E-state index in [9.17, 15) is 15.3 Å². The van der Waals surface area contributed by atoms with Crippen LogP contribution in [-0.4, -0.2) is 31.0 Å². The largest absolute Gasteiger partial charge is 0.505 e. The standard InChI is InChI=1S/C27H22B2O3/c1-14-8-4-5-10-17(14)21-15(2)9-6-13-20(21)18-11-7-12-19(16(18)3)22-23(28)25(30)27(32)26(31)24(22)29/h4-13,30-32H,1-3H3. The van der Waals surface area contributed by atoms with Gasteiger partial charge in [-0.05, 0) is 81.8 Å². The van der Waals surface area contributed by atoms with Crippen LogP contribution >= 0.6 is 0 Å². The Morgan fingerprint density at radius 2 is 1.00 bits per heavy atom. The van der Waals surface area contributed by atoms with Crippen molar-refractivity contribution in [2.75, 3.05) is 0 Å². The summed E-state index contributed by atoms with van der Waals surface area (Å²) in [5, 5.41) is 30.3. The maximum Gasteiger partial charge on any atom is 0.199 e. The lowest BCUT2D eigenvalue weighted by molar-refractivity contribution is 0.372. The summed E-state index contributed by atoms with van der Waals surface area (Å²) in [5.74, 6) is -1.90. The van der Waals surface area contributed by atoms with Crippen molar-refractivity contribution >= 4 is 26.6 Å². The number of aryl methyl sites for hydroxylation is 2. The quantitative estimate of drug-likeness (QED) is 0.345. The van der Waals surface area contributed by atoms with Crippen LogP contribution in [0.4, 0.5) is 0 Å². The zero-order chi connectivity index (χ0) is 23.2. The Hall–Kier alpha value is -3.59. The Bertz CT molecular complexity index is 1330. The number of benzene rings is 4. The van der Waals surface area contributed by atoms with Gasteiger partial charge in [-0.3, -0.25) is 0 Å². The van der Waals surface area contributed by atoms with Crippen molar-refractivity contribution in [1.82, 2.24) is 0 Å². The smallest absolute Gasteiger partial charge is 0.199 e. The monoisotopic (exact) mass is 416 g/mol. The number of phenolic OH excluding ortho intramolecular Hbond substituents is 3. The molecule has 0 aromatic heterocycles. The Balaban J connectivity index is 2.02. The summed E-state index contributed by atoms with van der Waals surface area (Å²) < 4.78 is 0. The molecule has 0 saturated carbocycles. The predicted molar refractivity (Wildman–Crippen MR) is 133 cm³/mol. The zero-order valence-electron chi connectivity index (χ0n) is 18.3. The second-order valence-electron chi connectivity index (χ2n) is 8.04. The second kappa shape index (κ2) is 8.16. The van der Waals surface area contributed by atoms with E-state index < -0.39 is 17.2 Å². The van der Waals surface area contributed by atoms with E-state index >= 15 is 0 Å². The van der Waals surface area contributed by atoms with E-state index in [1.807, 2.05) is 43.3 Å². The first-order valence-corrected chi connectivity index (χ1v) is 10.3. The van der Waals surface area contributed by atoms with Gasteiger partial charge < -0.3 is 15.3 Å². The van der Waals surface area contributed by atoms with Crippen LogP contribution < -0.4 is 10.9 Å². The van der Waals surface area contributed by atoms with Crippen LogP contribution in [0.3, 0.4) is 0 Å². The highest BCUT2D eigenvalue weighted by Gasteiger charge is 2.21. The molecule has 0 saturated heterocycles. The van der Waals surface area contributed by atoms with Crippen molar-refractivity contribution in [3.05, 3.63) is 77.4 Å². The van der Waals surface area contributed by atoms with Crippen LogP contribution in [0.2, 0.25) is 0 Å². The first kappa shape index (κ1) is 21.6. The normalized spacial score (nSPS) is 11.0. The molecule has 0 amide bonds. The molecule has 0 aliphatic heterocycles. The van der Waals surface area contributed by atoms with Crippen molar-refractivity contribution in [1.29, 1.82) is 0 Å². The Kier molecular flexibility index (Phi) is 5.52. The minimum Gasteiger partial charge on any atom is -0.505 e. The van der Waals surface area contributed by atoms with Crippen LogP contribution in [-0.2, 0) is 0 Å². The van der Waals surface area contributed by atoms with Gasteiger partial charge in [0.25, 0.3) is 0 Å². The maximum absolute atomic E-state index is 10.2. The van der Waals surface area contributed by atoms with E-state index in [0.717, 1.165) is 33.4 Å².